The summed E-state index contributed by atoms with van der Waals surface area (Å²) in [7, 11) is 0. The lowest BCUT2D eigenvalue weighted by atomic mass is 9.99. The minimum absolute atomic E-state index is 0.0214. The molecule has 3 N–H and O–H groups in total. The molecule has 0 spiro atoms. The summed E-state index contributed by atoms with van der Waals surface area (Å²) in [5, 5.41) is 9.19. The number of pyridine rings is 1. The summed E-state index contributed by atoms with van der Waals surface area (Å²) in [4.78, 5) is 16.0. The summed E-state index contributed by atoms with van der Waals surface area (Å²) in [6, 6.07) is 39.0. The molecule has 5 nitrogen and oxygen atoms in total. The first kappa shape index (κ1) is 24.7. The van der Waals surface area contributed by atoms with Gasteiger partial charge >= 0.3 is 0 Å². The Labute approximate surface area is 228 Å². The van der Waals surface area contributed by atoms with Crippen LogP contribution in [0.1, 0.15) is 22.6 Å². The molecule has 4 aromatic carbocycles. The van der Waals surface area contributed by atoms with Crippen LogP contribution in [0, 0.1) is 0 Å². The van der Waals surface area contributed by atoms with Crippen LogP contribution in [0.2, 0.25) is 0 Å². The zero-order valence-electron chi connectivity index (χ0n) is 21.8. The second kappa shape index (κ2) is 11.4. The fourth-order valence-electron chi connectivity index (χ4n) is 5.31. The van der Waals surface area contributed by atoms with Gasteiger partial charge in [-0.3, -0.25) is 4.79 Å². The van der Waals surface area contributed by atoms with E-state index in [1.54, 1.807) is 6.07 Å². The number of nitrogens with zero attached hydrogens (tertiary/aromatic N) is 1. The van der Waals surface area contributed by atoms with Gasteiger partial charge in [0.15, 0.2) is 5.43 Å². The number of fused-ring (bicyclic) bond motifs is 2. The van der Waals surface area contributed by atoms with Crippen LogP contribution >= 0.6 is 0 Å². The number of hydrogen-bond donors (Lipinski definition) is 3. The third kappa shape index (κ3) is 5.64. The third-order valence-corrected chi connectivity index (χ3v) is 7.32. The Morgan fingerprint density at radius 1 is 0.744 bits per heavy atom. The lowest BCUT2D eigenvalue weighted by Gasteiger charge is -2.20. The van der Waals surface area contributed by atoms with Crippen molar-refractivity contribution >= 4 is 27.6 Å². The number of anilines is 1. The van der Waals surface area contributed by atoms with Crippen LogP contribution in [-0.4, -0.2) is 22.6 Å². The highest BCUT2D eigenvalue weighted by Gasteiger charge is 2.14. The van der Waals surface area contributed by atoms with Crippen LogP contribution in [0.25, 0.3) is 21.8 Å². The molecule has 0 aliphatic rings. The van der Waals surface area contributed by atoms with Gasteiger partial charge in [-0.1, -0.05) is 91.0 Å². The molecule has 6 rings (SSSR count). The van der Waals surface area contributed by atoms with Crippen LogP contribution in [-0.2, 0) is 13.1 Å². The molecule has 2 heterocycles. The summed E-state index contributed by atoms with van der Waals surface area (Å²) in [6.07, 6.45) is 2.28. The number of aromatic nitrogens is 2. The largest absolute Gasteiger partial charge is 0.371 e. The van der Waals surface area contributed by atoms with E-state index in [0.29, 0.717) is 11.9 Å². The van der Waals surface area contributed by atoms with Gasteiger partial charge in [0, 0.05) is 60.6 Å². The fraction of sp³-hybridized carbons (Fsp3) is 0.147. The second-order valence-electron chi connectivity index (χ2n) is 10.00. The minimum atomic E-state index is 0.0214. The monoisotopic (exact) mass is 512 g/mol. The molecule has 0 saturated heterocycles. The molecule has 0 fully saturated rings. The summed E-state index contributed by atoms with van der Waals surface area (Å²) in [5.74, 6) is 0.961. The standard InChI is InChI=1S/C34H32N4O/c39-33-19-34(37-31-17-9-7-16-30(31)33)36-22-27(26-13-5-2-6-14-26)20-35-21-28-24-38(23-25-11-3-1-4-12-25)32-18-10-8-15-29(28)32/h1-19,24,27,35H,20-23H2,(H2,36,37,39). The number of aromatic amines is 1. The Hall–Kier alpha value is -4.61. The van der Waals surface area contributed by atoms with E-state index < -0.39 is 0 Å². The number of hydrogen-bond acceptors (Lipinski definition) is 3. The maximum Gasteiger partial charge on any atom is 0.191 e. The average Bonchev–Trinajstić information content (AvgIpc) is 3.33. The van der Waals surface area contributed by atoms with E-state index in [-0.39, 0.29) is 11.3 Å². The molecule has 2 aromatic heterocycles. The normalized spacial score (nSPS) is 12.1. The van der Waals surface area contributed by atoms with Gasteiger partial charge < -0.3 is 20.2 Å². The van der Waals surface area contributed by atoms with Gasteiger partial charge in [-0.25, -0.2) is 0 Å². The van der Waals surface area contributed by atoms with E-state index in [1.807, 2.05) is 30.3 Å². The van der Waals surface area contributed by atoms with Crippen molar-refractivity contribution in [2.24, 2.45) is 0 Å². The number of H-pyrrole nitrogens is 1. The van der Waals surface area contributed by atoms with Crippen molar-refractivity contribution in [2.45, 2.75) is 19.0 Å². The molecule has 194 valence electrons. The van der Waals surface area contributed by atoms with Crippen LogP contribution < -0.4 is 16.1 Å². The average molecular weight is 513 g/mol. The van der Waals surface area contributed by atoms with E-state index in [0.717, 1.165) is 31.0 Å². The summed E-state index contributed by atoms with van der Waals surface area (Å²) in [6.45, 7) is 3.12. The Kier molecular flexibility index (Phi) is 7.23. The quantitative estimate of drug-likeness (QED) is 0.196. The highest BCUT2D eigenvalue weighted by Crippen LogP contribution is 2.23. The molecule has 1 atom stereocenters. The van der Waals surface area contributed by atoms with Crippen LogP contribution in [0.3, 0.4) is 0 Å². The van der Waals surface area contributed by atoms with Crippen molar-refractivity contribution in [3.63, 3.8) is 0 Å². The maximum atomic E-state index is 12.6. The van der Waals surface area contributed by atoms with E-state index >= 15 is 0 Å². The van der Waals surface area contributed by atoms with Crippen LogP contribution in [0.5, 0.6) is 0 Å². The lowest BCUT2D eigenvalue weighted by molar-refractivity contribution is 0.598. The molecule has 0 radical (unpaired) electrons. The zero-order chi connectivity index (χ0) is 26.4. The molecular weight excluding hydrogens is 480 g/mol. The maximum absolute atomic E-state index is 12.6. The highest BCUT2D eigenvalue weighted by atomic mass is 16.1. The Bertz CT molecular complexity index is 1740. The Morgan fingerprint density at radius 2 is 1.44 bits per heavy atom. The molecule has 0 aliphatic heterocycles. The summed E-state index contributed by atoms with van der Waals surface area (Å²) in [5.41, 5.74) is 5.95. The lowest BCUT2D eigenvalue weighted by Crippen LogP contribution is -2.26. The van der Waals surface area contributed by atoms with Gasteiger partial charge in [0.1, 0.15) is 5.82 Å². The van der Waals surface area contributed by atoms with Gasteiger partial charge in [-0.05, 0) is 34.9 Å². The van der Waals surface area contributed by atoms with E-state index in [2.05, 4.69) is 105 Å². The van der Waals surface area contributed by atoms with E-state index in [9.17, 15) is 4.79 Å². The molecular formula is C34H32N4O. The number of para-hydroxylation sites is 2. The molecule has 5 heteroatoms. The molecule has 1 unspecified atom stereocenters. The second-order valence-corrected chi connectivity index (χ2v) is 10.00. The van der Waals surface area contributed by atoms with Crippen LogP contribution in [0.15, 0.2) is 126 Å². The predicted octanol–water partition coefficient (Wildman–Crippen LogP) is 6.52. The van der Waals surface area contributed by atoms with Crippen molar-refractivity contribution in [1.82, 2.24) is 14.9 Å². The van der Waals surface area contributed by atoms with Crippen molar-refractivity contribution in [3.05, 3.63) is 148 Å². The molecule has 0 aliphatic carbocycles. The van der Waals surface area contributed by atoms with Gasteiger partial charge in [0.2, 0.25) is 0 Å². The Morgan fingerprint density at radius 3 is 2.26 bits per heavy atom. The Balaban J connectivity index is 1.18. The molecule has 39 heavy (non-hydrogen) atoms. The number of rotatable bonds is 10. The highest BCUT2D eigenvalue weighted by molar-refractivity contribution is 5.84. The molecule has 0 bridgehead atoms. The molecule has 0 amide bonds. The van der Waals surface area contributed by atoms with Gasteiger partial charge in [-0.2, -0.15) is 0 Å². The van der Waals surface area contributed by atoms with Gasteiger partial charge in [0.25, 0.3) is 0 Å². The van der Waals surface area contributed by atoms with Crippen molar-refractivity contribution in [2.75, 3.05) is 18.4 Å². The van der Waals surface area contributed by atoms with Crippen molar-refractivity contribution in [1.29, 1.82) is 0 Å². The number of nitrogens with one attached hydrogen (secondary N) is 3. The fourth-order valence-corrected chi connectivity index (χ4v) is 5.31. The summed E-state index contributed by atoms with van der Waals surface area (Å²) < 4.78 is 2.34. The topological polar surface area (TPSA) is 61.9 Å². The third-order valence-electron chi connectivity index (χ3n) is 7.32. The SMILES string of the molecule is O=c1cc(NCC(CNCc2cn(Cc3ccccc3)c3ccccc23)c2ccccc2)[nH]c2ccccc12. The van der Waals surface area contributed by atoms with E-state index in [4.69, 9.17) is 0 Å². The van der Waals surface area contributed by atoms with Gasteiger partial charge in [-0.15, -0.1) is 0 Å². The predicted molar refractivity (Wildman–Crippen MR) is 161 cm³/mol. The molecule has 0 saturated carbocycles. The minimum Gasteiger partial charge on any atom is -0.371 e. The first-order valence-electron chi connectivity index (χ1n) is 13.5. The van der Waals surface area contributed by atoms with Crippen molar-refractivity contribution in [3.8, 4) is 0 Å². The zero-order valence-corrected chi connectivity index (χ0v) is 21.8. The van der Waals surface area contributed by atoms with Crippen LogP contribution in [0.4, 0.5) is 5.82 Å². The van der Waals surface area contributed by atoms with Gasteiger partial charge in [0.05, 0.1) is 5.52 Å². The first-order chi connectivity index (χ1) is 19.2. The summed E-state index contributed by atoms with van der Waals surface area (Å²) >= 11 is 0. The van der Waals surface area contributed by atoms with Crippen molar-refractivity contribution < 1.29 is 0 Å². The molecule has 6 aromatic rings. The first-order valence-corrected chi connectivity index (χ1v) is 13.5. The number of benzene rings is 4. The van der Waals surface area contributed by atoms with E-state index in [1.165, 1.54) is 27.6 Å². The smallest absolute Gasteiger partial charge is 0.191 e.